The Labute approximate surface area is 120 Å². The number of anilines is 2. The van der Waals surface area contributed by atoms with Gasteiger partial charge in [-0.05, 0) is 28.4 Å². The van der Waals surface area contributed by atoms with E-state index in [1.165, 1.54) is 6.07 Å². The van der Waals surface area contributed by atoms with E-state index in [-0.39, 0.29) is 23.4 Å². The summed E-state index contributed by atoms with van der Waals surface area (Å²) in [7, 11) is -2.95. The summed E-state index contributed by atoms with van der Waals surface area (Å²) >= 11 is 3.19. The van der Waals surface area contributed by atoms with E-state index in [2.05, 4.69) is 26.1 Å². The van der Waals surface area contributed by atoms with Gasteiger partial charge in [-0.25, -0.2) is 12.8 Å². The Hall–Kier alpha value is -0.820. The van der Waals surface area contributed by atoms with Crippen LogP contribution in [0.1, 0.15) is 6.42 Å². The van der Waals surface area contributed by atoms with Gasteiger partial charge in [-0.2, -0.15) is 0 Å². The minimum atomic E-state index is -2.95. The number of nitrogens with zero attached hydrogens (tertiary/aromatic N) is 1. The molecule has 3 rings (SSSR count). The van der Waals surface area contributed by atoms with Crippen LogP contribution in [0.15, 0.2) is 16.6 Å². The second-order valence-electron chi connectivity index (χ2n) is 4.96. The van der Waals surface area contributed by atoms with Crippen LogP contribution in [0.4, 0.5) is 15.8 Å². The number of nitrogens with one attached hydrogen (secondary N) is 1. The van der Waals surface area contributed by atoms with E-state index in [0.29, 0.717) is 17.6 Å². The number of rotatable bonds is 0. The second-order valence-corrected chi connectivity index (χ2v) is 8.04. The number of fused-ring (bicyclic) bond motifs is 3. The van der Waals surface area contributed by atoms with Crippen molar-refractivity contribution in [2.24, 2.45) is 0 Å². The monoisotopic (exact) mass is 348 g/mol. The molecule has 0 bridgehead atoms. The molecule has 0 saturated carbocycles. The van der Waals surface area contributed by atoms with Crippen LogP contribution < -0.4 is 10.2 Å². The fraction of sp³-hybridized carbons (Fsp3) is 0.500. The third kappa shape index (κ3) is 2.45. The largest absolute Gasteiger partial charge is 0.383 e. The molecule has 19 heavy (non-hydrogen) atoms. The third-order valence-corrected chi connectivity index (χ3v) is 5.98. The fourth-order valence-corrected chi connectivity index (χ4v) is 4.64. The predicted octanol–water partition coefficient (Wildman–Crippen LogP) is 2.01. The molecule has 2 aliphatic heterocycles. The summed E-state index contributed by atoms with van der Waals surface area (Å²) in [5.41, 5.74) is 1.62. The standard InChI is InChI=1S/C12H14BrFN2O2S/c13-9-5-12-11(6-10(9)14)15-2-1-8-7-19(17,18)4-3-16(8)12/h5-6,8,15H,1-4,7H2. The normalized spacial score (nSPS) is 24.9. The highest BCUT2D eigenvalue weighted by atomic mass is 79.9. The number of hydrogen-bond donors (Lipinski definition) is 1. The molecular weight excluding hydrogens is 335 g/mol. The Balaban J connectivity index is 2.04. The van der Waals surface area contributed by atoms with Crippen molar-refractivity contribution in [1.82, 2.24) is 0 Å². The van der Waals surface area contributed by atoms with E-state index < -0.39 is 9.84 Å². The van der Waals surface area contributed by atoms with Crippen LogP contribution in [0.5, 0.6) is 0 Å². The molecule has 0 aliphatic carbocycles. The number of halogens is 2. The van der Waals surface area contributed by atoms with Crippen molar-refractivity contribution in [1.29, 1.82) is 0 Å². The first-order chi connectivity index (χ1) is 8.96. The van der Waals surface area contributed by atoms with E-state index in [4.69, 9.17) is 0 Å². The van der Waals surface area contributed by atoms with Crippen LogP contribution in [-0.2, 0) is 9.84 Å². The SMILES string of the molecule is O=S1(=O)CCN2c3cc(Br)c(F)cc3NCCC2C1. The van der Waals surface area contributed by atoms with Crippen molar-refractivity contribution in [3.63, 3.8) is 0 Å². The zero-order chi connectivity index (χ0) is 13.6. The molecule has 1 fully saturated rings. The van der Waals surface area contributed by atoms with Crippen molar-refractivity contribution < 1.29 is 12.8 Å². The Morgan fingerprint density at radius 3 is 3.00 bits per heavy atom. The molecule has 1 saturated heterocycles. The van der Waals surface area contributed by atoms with E-state index in [9.17, 15) is 12.8 Å². The van der Waals surface area contributed by atoms with Crippen LogP contribution in [-0.4, -0.2) is 39.1 Å². The van der Waals surface area contributed by atoms with Crippen LogP contribution in [0.25, 0.3) is 0 Å². The Morgan fingerprint density at radius 2 is 2.21 bits per heavy atom. The zero-order valence-corrected chi connectivity index (χ0v) is 12.6. The first kappa shape index (κ1) is 13.2. The molecule has 1 atom stereocenters. The molecule has 1 aromatic rings. The lowest BCUT2D eigenvalue weighted by Crippen LogP contribution is -2.48. The minimum absolute atomic E-state index is 0.0233. The molecular formula is C12H14BrFN2O2S. The maximum atomic E-state index is 13.6. The van der Waals surface area contributed by atoms with E-state index in [0.717, 1.165) is 17.8 Å². The molecule has 0 amide bonds. The highest BCUT2D eigenvalue weighted by Gasteiger charge is 2.33. The number of sulfone groups is 1. The lowest BCUT2D eigenvalue weighted by Gasteiger charge is -2.36. The van der Waals surface area contributed by atoms with Crippen molar-refractivity contribution >= 4 is 37.1 Å². The quantitative estimate of drug-likeness (QED) is 0.779. The van der Waals surface area contributed by atoms with E-state index >= 15 is 0 Å². The van der Waals surface area contributed by atoms with Crippen LogP contribution in [0, 0.1) is 5.82 Å². The Morgan fingerprint density at radius 1 is 1.42 bits per heavy atom. The van der Waals surface area contributed by atoms with Gasteiger partial charge in [0, 0.05) is 25.2 Å². The van der Waals surface area contributed by atoms with Gasteiger partial charge in [0.25, 0.3) is 0 Å². The van der Waals surface area contributed by atoms with Gasteiger partial charge in [0.15, 0.2) is 9.84 Å². The highest BCUT2D eigenvalue weighted by Crippen LogP contribution is 2.36. The molecule has 1 aromatic carbocycles. The average molecular weight is 349 g/mol. The van der Waals surface area contributed by atoms with Crippen molar-refractivity contribution in [3.8, 4) is 0 Å². The molecule has 1 unspecified atom stereocenters. The van der Waals surface area contributed by atoms with Gasteiger partial charge in [0.05, 0.1) is 27.4 Å². The second kappa shape index (κ2) is 4.63. The molecule has 2 heterocycles. The van der Waals surface area contributed by atoms with Gasteiger partial charge < -0.3 is 10.2 Å². The van der Waals surface area contributed by atoms with Crippen LogP contribution in [0.3, 0.4) is 0 Å². The highest BCUT2D eigenvalue weighted by molar-refractivity contribution is 9.10. The van der Waals surface area contributed by atoms with Gasteiger partial charge in [0.1, 0.15) is 5.82 Å². The molecule has 1 N–H and O–H groups in total. The summed E-state index contributed by atoms with van der Waals surface area (Å²) < 4.78 is 37.5. The molecule has 7 heteroatoms. The van der Waals surface area contributed by atoms with Crippen molar-refractivity contribution in [2.45, 2.75) is 12.5 Å². The molecule has 104 valence electrons. The van der Waals surface area contributed by atoms with E-state index in [1.54, 1.807) is 6.07 Å². The Kier molecular flexibility index (Phi) is 3.21. The van der Waals surface area contributed by atoms with Gasteiger partial charge >= 0.3 is 0 Å². The first-order valence-electron chi connectivity index (χ1n) is 6.16. The zero-order valence-electron chi connectivity index (χ0n) is 10.2. The Bertz CT molecular complexity index is 620. The topological polar surface area (TPSA) is 49.4 Å². The summed E-state index contributed by atoms with van der Waals surface area (Å²) in [6.07, 6.45) is 0.743. The van der Waals surface area contributed by atoms with Crippen LogP contribution >= 0.6 is 15.9 Å². The summed E-state index contributed by atoms with van der Waals surface area (Å²) in [6.45, 7) is 1.13. The lowest BCUT2D eigenvalue weighted by molar-refractivity contribution is 0.549. The fourth-order valence-electron chi connectivity index (χ4n) is 2.73. The average Bonchev–Trinajstić information content (AvgIpc) is 2.48. The van der Waals surface area contributed by atoms with Gasteiger partial charge in [-0.1, -0.05) is 0 Å². The molecule has 0 aromatic heterocycles. The molecule has 0 radical (unpaired) electrons. The molecule has 0 spiro atoms. The van der Waals surface area contributed by atoms with Crippen molar-refractivity contribution in [3.05, 3.63) is 22.4 Å². The van der Waals surface area contributed by atoms with Gasteiger partial charge in [0.2, 0.25) is 0 Å². The minimum Gasteiger partial charge on any atom is -0.383 e. The number of hydrogen-bond acceptors (Lipinski definition) is 4. The van der Waals surface area contributed by atoms with E-state index in [1.807, 2.05) is 0 Å². The number of benzene rings is 1. The summed E-state index contributed by atoms with van der Waals surface area (Å²) in [5.74, 6) is 0.0375. The molecule has 4 nitrogen and oxygen atoms in total. The van der Waals surface area contributed by atoms with Crippen molar-refractivity contribution in [2.75, 3.05) is 34.8 Å². The maximum Gasteiger partial charge on any atom is 0.154 e. The van der Waals surface area contributed by atoms with Crippen LogP contribution in [0.2, 0.25) is 0 Å². The maximum absolute atomic E-state index is 13.6. The first-order valence-corrected chi connectivity index (χ1v) is 8.78. The smallest absolute Gasteiger partial charge is 0.154 e. The van der Waals surface area contributed by atoms with Gasteiger partial charge in [-0.3, -0.25) is 0 Å². The summed E-state index contributed by atoms with van der Waals surface area (Å²) in [5, 5.41) is 3.18. The predicted molar refractivity (Wildman–Crippen MR) is 77.0 cm³/mol. The summed E-state index contributed by atoms with van der Waals surface area (Å²) in [6, 6.07) is 3.17. The molecule has 2 aliphatic rings. The summed E-state index contributed by atoms with van der Waals surface area (Å²) in [4.78, 5) is 2.08. The van der Waals surface area contributed by atoms with Gasteiger partial charge in [-0.15, -0.1) is 0 Å². The third-order valence-electron chi connectivity index (χ3n) is 3.67. The lowest BCUT2D eigenvalue weighted by atomic mass is 10.2.